The highest BCUT2D eigenvalue weighted by molar-refractivity contribution is 7.89. The molecule has 2 aromatic rings. The van der Waals surface area contributed by atoms with E-state index in [0.717, 1.165) is 11.1 Å². The molecule has 2 aromatic carbocycles. The van der Waals surface area contributed by atoms with E-state index < -0.39 is 28.8 Å². The Balaban J connectivity index is 2.30. The zero-order valence-corrected chi connectivity index (χ0v) is 17.1. The van der Waals surface area contributed by atoms with Gasteiger partial charge < -0.3 is 5.32 Å². The quantitative estimate of drug-likeness (QED) is 0.702. The molecule has 8 heteroatoms. The monoisotopic (exact) mass is 414 g/mol. The lowest BCUT2D eigenvalue weighted by Crippen LogP contribution is -2.49. The molecule has 0 bridgehead atoms. The first-order chi connectivity index (χ1) is 13.0. The van der Waals surface area contributed by atoms with Crippen molar-refractivity contribution in [2.45, 2.75) is 51.2 Å². The molecule has 2 rings (SSSR count). The fourth-order valence-corrected chi connectivity index (χ4v) is 4.95. The first kappa shape index (κ1) is 22.2. The Morgan fingerprint density at radius 2 is 1.61 bits per heavy atom. The van der Waals surface area contributed by atoms with Crippen molar-refractivity contribution < 1.29 is 21.6 Å². The standard InChI is InChI=1S/C20H25F3N2O2S/c1-5-16-8-6-7-9-17(16)24-12-18(20(21,22)23)25-28(26,27)19-14(3)10-13(2)11-15(19)4/h6-11,18,24-25H,5,12H2,1-4H3. The number of hydrogen-bond donors (Lipinski definition) is 2. The van der Waals surface area contributed by atoms with Crippen molar-refractivity contribution in [3.05, 3.63) is 58.7 Å². The van der Waals surface area contributed by atoms with E-state index in [1.165, 1.54) is 0 Å². The number of benzene rings is 2. The van der Waals surface area contributed by atoms with Gasteiger partial charge in [-0.1, -0.05) is 42.8 Å². The predicted molar refractivity (Wildman–Crippen MR) is 105 cm³/mol. The van der Waals surface area contributed by atoms with E-state index in [1.807, 2.05) is 17.7 Å². The van der Waals surface area contributed by atoms with E-state index >= 15 is 0 Å². The van der Waals surface area contributed by atoms with Gasteiger partial charge in [-0.05, 0) is 49.9 Å². The molecule has 0 aliphatic rings. The maximum atomic E-state index is 13.5. The molecular weight excluding hydrogens is 389 g/mol. The largest absolute Gasteiger partial charge is 0.406 e. The Bertz CT molecular complexity index is 918. The number of para-hydroxylation sites is 1. The van der Waals surface area contributed by atoms with E-state index in [0.29, 0.717) is 23.2 Å². The highest BCUT2D eigenvalue weighted by Crippen LogP contribution is 2.26. The van der Waals surface area contributed by atoms with E-state index in [4.69, 9.17) is 0 Å². The lowest BCUT2D eigenvalue weighted by atomic mass is 10.1. The second-order valence-electron chi connectivity index (χ2n) is 6.83. The van der Waals surface area contributed by atoms with Crippen LogP contribution in [0.5, 0.6) is 0 Å². The molecule has 0 heterocycles. The summed E-state index contributed by atoms with van der Waals surface area (Å²) in [5.74, 6) is 0. The van der Waals surface area contributed by atoms with Crippen LogP contribution >= 0.6 is 0 Å². The summed E-state index contributed by atoms with van der Waals surface area (Å²) in [5, 5.41) is 2.74. The molecule has 0 aliphatic carbocycles. The molecule has 0 saturated heterocycles. The third-order valence-electron chi connectivity index (χ3n) is 4.46. The maximum Gasteiger partial charge on any atom is 0.406 e. The van der Waals surface area contributed by atoms with E-state index in [2.05, 4.69) is 5.32 Å². The number of alkyl halides is 3. The summed E-state index contributed by atoms with van der Waals surface area (Å²) in [6.07, 6.45) is -4.10. The number of nitrogens with one attached hydrogen (secondary N) is 2. The average Bonchev–Trinajstić information content (AvgIpc) is 2.56. The van der Waals surface area contributed by atoms with E-state index in [-0.39, 0.29) is 4.90 Å². The van der Waals surface area contributed by atoms with Gasteiger partial charge in [0.15, 0.2) is 0 Å². The lowest BCUT2D eigenvalue weighted by molar-refractivity contribution is -0.148. The molecule has 0 saturated carbocycles. The molecule has 2 N–H and O–H groups in total. The van der Waals surface area contributed by atoms with Gasteiger partial charge in [0.05, 0.1) is 4.90 Å². The van der Waals surface area contributed by atoms with Crippen LogP contribution in [0.4, 0.5) is 18.9 Å². The maximum absolute atomic E-state index is 13.5. The number of anilines is 1. The molecular formula is C20H25F3N2O2S. The summed E-state index contributed by atoms with van der Waals surface area (Å²) in [4.78, 5) is -0.110. The van der Waals surface area contributed by atoms with Crippen LogP contribution in [0, 0.1) is 20.8 Å². The van der Waals surface area contributed by atoms with Crippen molar-refractivity contribution >= 4 is 15.7 Å². The van der Waals surface area contributed by atoms with Crippen LogP contribution in [0.2, 0.25) is 0 Å². The van der Waals surface area contributed by atoms with Gasteiger partial charge in [0.25, 0.3) is 0 Å². The van der Waals surface area contributed by atoms with Crippen LogP contribution in [0.15, 0.2) is 41.3 Å². The van der Waals surface area contributed by atoms with Gasteiger partial charge >= 0.3 is 6.18 Å². The fraction of sp³-hybridized carbons (Fsp3) is 0.400. The van der Waals surface area contributed by atoms with Gasteiger partial charge in [0, 0.05) is 12.2 Å². The minimum Gasteiger partial charge on any atom is -0.383 e. The Labute approximate surface area is 164 Å². The first-order valence-corrected chi connectivity index (χ1v) is 10.4. The number of halogens is 3. The van der Waals surface area contributed by atoms with E-state index in [9.17, 15) is 21.6 Å². The normalized spacial score (nSPS) is 13.4. The third-order valence-corrected chi connectivity index (χ3v) is 6.24. The van der Waals surface area contributed by atoms with Crippen molar-refractivity contribution in [3.8, 4) is 0 Å². The van der Waals surface area contributed by atoms with Crippen molar-refractivity contribution in [1.29, 1.82) is 0 Å². The third kappa shape index (κ3) is 5.26. The Morgan fingerprint density at radius 3 is 2.14 bits per heavy atom. The lowest BCUT2D eigenvalue weighted by Gasteiger charge is -2.24. The zero-order valence-electron chi connectivity index (χ0n) is 16.3. The molecule has 1 atom stereocenters. The summed E-state index contributed by atoms with van der Waals surface area (Å²) >= 11 is 0. The van der Waals surface area contributed by atoms with Crippen LogP contribution < -0.4 is 10.0 Å². The van der Waals surface area contributed by atoms with Crippen LogP contribution in [0.25, 0.3) is 0 Å². The number of aryl methyl sites for hydroxylation is 4. The zero-order chi connectivity index (χ0) is 21.1. The molecule has 0 spiro atoms. The SMILES string of the molecule is CCc1ccccc1NCC(NS(=O)(=O)c1c(C)cc(C)cc1C)C(F)(F)F. The minimum atomic E-state index is -4.74. The van der Waals surface area contributed by atoms with Crippen LogP contribution in [-0.2, 0) is 16.4 Å². The number of hydrogen-bond acceptors (Lipinski definition) is 3. The average molecular weight is 414 g/mol. The van der Waals surface area contributed by atoms with Crippen molar-refractivity contribution in [1.82, 2.24) is 4.72 Å². The molecule has 4 nitrogen and oxygen atoms in total. The highest BCUT2D eigenvalue weighted by Gasteiger charge is 2.42. The number of sulfonamides is 1. The van der Waals surface area contributed by atoms with Crippen LogP contribution in [0.1, 0.15) is 29.2 Å². The Hall–Kier alpha value is -2.06. The van der Waals surface area contributed by atoms with Crippen molar-refractivity contribution in [2.24, 2.45) is 0 Å². The predicted octanol–water partition coefficient (Wildman–Crippen LogP) is 4.50. The van der Waals surface area contributed by atoms with Gasteiger partial charge in [-0.25, -0.2) is 8.42 Å². The second kappa shape index (κ2) is 8.53. The molecule has 28 heavy (non-hydrogen) atoms. The number of rotatable bonds is 7. The van der Waals surface area contributed by atoms with E-state index in [1.54, 1.807) is 51.1 Å². The Kier molecular flexibility index (Phi) is 6.77. The second-order valence-corrected chi connectivity index (χ2v) is 8.49. The van der Waals surface area contributed by atoms with Gasteiger partial charge in [0.1, 0.15) is 6.04 Å². The van der Waals surface area contributed by atoms with Gasteiger partial charge in [-0.3, -0.25) is 0 Å². The topological polar surface area (TPSA) is 58.2 Å². The molecule has 0 aromatic heterocycles. The van der Waals surface area contributed by atoms with Gasteiger partial charge in [-0.2, -0.15) is 17.9 Å². The molecule has 0 fully saturated rings. The van der Waals surface area contributed by atoms with Gasteiger partial charge in [-0.15, -0.1) is 0 Å². The fourth-order valence-electron chi connectivity index (χ4n) is 3.27. The van der Waals surface area contributed by atoms with Gasteiger partial charge in [0.2, 0.25) is 10.0 Å². The summed E-state index contributed by atoms with van der Waals surface area (Å²) in [5.41, 5.74) is 3.09. The molecule has 154 valence electrons. The summed E-state index contributed by atoms with van der Waals surface area (Å²) < 4.78 is 68.0. The molecule has 0 aliphatic heterocycles. The Morgan fingerprint density at radius 1 is 1.04 bits per heavy atom. The molecule has 1 unspecified atom stereocenters. The van der Waals surface area contributed by atoms with Crippen molar-refractivity contribution in [3.63, 3.8) is 0 Å². The summed E-state index contributed by atoms with van der Waals surface area (Å²) in [6.45, 7) is 6.24. The van der Waals surface area contributed by atoms with Crippen molar-refractivity contribution in [2.75, 3.05) is 11.9 Å². The highest BCUT2D eigenvalue weighted by atomic mass is 32.2. The summed E-state index contributed by atoms with van der Waals surface area (Å²) in [6, 6.07) is 8.02. The van der Waals surface area contributed by atoms with Crippen LogP contribution in [0.3, 0.4) is 0 Å². The van der Waals surface area contributed by atoms with Crippen LogP contribution in [-0.4, -0.2) is 27.2 Å². The summed E-state index contributed by atoms with van der Waals surface area (Å²) in [7, 11) is -4.35. The smallest absolute Gasteiger partial charge is 0.383 e. The molecule has 0 amide bonds. The first-order valence-electron chi connectivity index (χ1n) is 8.94. The molecule has 0 radical (unpaired) electrons. The minimum absolute atomic E-state index is 0.110.